The van der Waals surface area contributed by atoms with E-state index in [9.17, 15) is 18.0 Å². The number of sulfonamides is 1. The number of carbonyl (C=O) groups excluding carboxylic acids is 2. The van der Waals surface area contributed by atoms with Crippen LogP contribution >= 0.6 is 15.9 Å². The Morgan fingerprint density at radius 1 is 0.951 bits per heavy atom. The van der Waals surface area contributed by atoms with E-state index in [0.717, 1.165) is 46.4 Å². The zero-order chi connectivity index (χ0) is 29.4. The van der Waals surface area contributed by atoms with Crippen LogP contribution in [0.1, 0.15) is 44.6 Å². The van der Waals surface area contributed by atoms with E-state index in [1.54, 1.807) is 49.4 Å². The number of halogens is 1. The molecule has 0 aliphatic heterocycles. The highest BCUT2D eigenvalue weighted by molar-refractivity contribution is 9.10. The summed E-state index contributed by atoms with van der Waals surface area (Å²) >= 11 is 3.43. The first-order valence-corrected chi connectivity index (χ1v) is 16.0. The van der Waals surface area contributed by atoms with Crippen LogP contribution in [0.4, 0.5) is 5.69 Å². The second-order valence-corrected chi connectivity index (χ2v) is 13.0. The molecule has 8 nitrogen and oxygen atoms in total. The van der Waals surface area contributed by atoms with Crippen molar-refractivity contribution in [2.45, 2.75) is 62.6 Å². The summed E-state index contributed by atoms with van der Waals surface area (Å²) in [7, 11) is -2.59. The van der Waals surface area contributed by atoms with Gasteiger partial charge in [0.25, 0.3) is 10.0 Å². The molecule has 0 aromatic heterocycles. The highest BCUT2D eigenvalue weighted by Gasteiger charge is 2.33. The van der Waals surface area contributed by atoms with Crippen LogP contribution in [-0.2, 0) is 26.2 Å². The maximum Gasteiger partial charge on any atom is 0.264 e. The van der Waals surface area contributed by atoms with E-state index in [1.165, 1.54) is 24.1 Å². The summed E-state index contributed by atoms with van der Waals surface area (Å²) in [4.78, 5) is 28.9. The average Bonchev–Trinajstić information content (AvgIpc) is 3.00. The van der Waals surface area contributed by atoms with Crippen molar-refractivity contribution in [3.8, 4) is 5.75 Å². The van der Waals surface area contributed by atoms with Gasteiger partial charge >= 0.3 is 0 Å². The standard InChI is InChI=1S/C31H36BrN3O5S/c1-23(31(37)33-26-9-5-3-6-10-26)34(21-24-13-15-25(32)16-14-24)30(36)22-35(27-17-19-28(40-2)20-18-27)41(38,39)29-11-7-4-8-12-29/h4,7-8,11-20,23,26H,3,5-6,9-10,21-22H2,1-2H3,(H,33,37). The van der Waals surface area contributed by atoms with Gasteiger partial charge in [0.1, 0.15) is 18.3 Å². The Kier molecular flexibility index (Phi) is 10.4. The van der Waals surface area contributed by atoms with E-state index in [0.29, 0.717) is 11.4 Å². The van der Waals surface area contributed by atoms with Crippen molar-refractivity contribution in [1.29, 1.82) is 0 Å². The minimum absolute atomic E-state index is 0.0613. The molecule has 0 radical (unpaired) electrons. The predicted molar refractivity (Wildman–Crippen MR) is 163 cm³/mol. The van der Waals surface area contributed by atoms with Gasteiger partial charge in [-0.25, -0.2) is 8.42 Å². The van der Waals surface area contributed by atoms with Gasteiger partial charge < -0.3 is 15.0 Å². The van der Waals surface area contributed by atoms with E-state index in [-0.39, 0.29) is 23.4 Å². The van der Waals surface area contributed by atoms with Gasteiger partial charge in [-0.3, -0.25) is 13.9 Å². The fourth-order valence-electron chi connectivity index (χ4n) is 4.93. The largest absolute Gasteiger partial charge is 0.497 e. The van der Waals surface area contributed by atoms with E-state index in [1.807, 2.05) is 24.3 Å². The number of methoxy groups -OCH3 is 1. The number of ether oxygens (including phenoxy) is 1. The number of nitrogens with one attached hydrogen (secondary N) is 1. The number of benzene rings is 3. The maximum atomic E-state index is 14.0. The lowest BCUT2D eigenvalue weighted by Gasteiger charge is -2.33. The SMILES string of the molecule is COc1ccc(N(CC(=O)N(Cc2ccc(Br)cc2)C(C)C(=O)NC2CCCCC2)S(=O)(=O)c2ccccc2)cc1. The van der Waals surface area contributed by atoms with E-state index in [2.05, 4.69) is 21.2 Å². The smallest absolute Gasteiger partial charge is 0.264 e. The molecule has 41 heavy (non-hydrogen) atoms. The molecule has 2 amide bonds. The van der Waals surface area contributed by atoms with Gasteiger partial charge in [-0.05, 0) is 73.9 Å². The molecule has 1 atom stereocenters. The van der Waals surface area contributed by atoms with Gasteiger partial charge in [0.2, 0.25) is 11.8 Å². The highest BCUT2D eigenvalue weighted by atomic mass is 79.9. The van der Waals surface area contributed by atoms with Crippen LogP contribution in [-0.4, -0.2) is 50.9 Å². The summed E-state index contributed by atoms with van der Waals surface area (Å²) in [6.45, 7) is 1.35. The Balaban J connectivity index is 1.66. The molecule has 1 aliphatic carbocycles. The number of hydrogen-bond acceptors (Lipinski definition) is 5. The molecule has 10 heteroatoms. The first-order valence-electron chi connectivity index (χ1n) is 13.7. The lowest BCUT2D eigenvalue weighted by Crippen LogP contribution is -2.53. The van der Waals surface area contributed by atoms with Crippen LogP contribution in [0.25, 0.3) is 0 Å². The van der Waals surface area contributed by atoms with Gasteiger partial charge in [0, 0.05) is 17.1 Å². The summed E-state index contributed by atoms with van der Waals surface area (Å²) in [5.41, 5.74) is 1.13. The molecule has 1 fully saturated rings. The highest BCUT2D eigenvalue weighted by Crippen LogP contribution is 2.27. The summed E-state index contributed by atoms with van der Waals surface area (Å²) in [5, 5.41) is 3.12. The molecule has 0 heterocycles. The summed E-state index contributed by atoms with van der Waals surface area (Å²) in [5.74, 6) is -0.180. The summed E-state index contributed by atoms with van der Waals surface area (Å²) in [6, 6.07) is 21.2. The Hall–Kier alpha value is -3.37. The van der Waals surface area contributed by atoms with Crippen LogP contribution < -0.4 is 14.4 Å². The zero-order valence-corrected chi connectivity index (χ0v) is 25.7. The molecule has 3 aromatic carbocycles. The van der Waals surface area contributed by atoms with Gasteiger partial charge in [-0.15, -0.1) is 0 Å². The average molecular weight is 643 g/mol. The summed E-state index contributed by atoms with van der Waals surface area (Å²) in [6.07, 6.45) is 5.12. The van der Waals surface area contributed by atoms with Crippen molar-refractivity contribution in [2.75, 3.05) is 18.0 Å². The number of hydrogen-bond donors (Lipinski definition) is 1. The van der Waals surface area contributed by atoms with E-state index >= 15 is 0 Å². The molecule has 3 aromatic rings. The number of nitrogens with zero attached hydrogens (tertiary/aromatic N) is 2. The second kappa shape index (κ2) is 14.0. The molecule has 0 saturated heterocycles. The predicted octanol–water partition coefficient (Wildman–Crippen LogP) is 5.52. The molecule has 1 N–H and O–H groups in total. The summed E-state index contributed by atoms with van der Waals surface area (Å²) < 4.78 is 34.9. The van der Waals surface area contributed by atoms with Crippen molar-refractivity contribution >= 4 is 43.5 Å². The number of rotatable bonds is 11. The van der Waals surface area contributed by atoms with Crippen molar-refractivity contribution in [3.05, 3.63) is 88.9 Å². The third-order valence-corrected chi connectivity index (χ3v) is 9.67. The van der Waals surface area contributed by atoms with Gasteiger partial charge in [0.15, 0.2) is 0 Å². The molecule has 218 valence electrons. The first kappa shape index (κ1) is 30.6. The molecule has 1 saturated carbocycles. The van der Waals surface area contributed by atoms with Crippen LogP contribution in [0.2, 0.25) is 0 Å². The second-order valence-electron chi connectivity index (χ2n) is 10.2. The van der Waals surface area contributed by atoms with Crippen LogP contribution in [0.15, 0.2) is 88.2 Å². The fourth-order valence-corrected chi connectivity index (χ4v) is 6.63. The Morgan fingerprint density at radius 2 is 1.59 bits per heavy atom. The van der Waals surface area contributed by atoms with Crippen LogP contribution in [0.5, 0.6) is 5.75 Å². The van der Waals surface area contributed by atoms with Crippen LogP contribution in [0, 0.1) is 0 Å². The van der Waals surface area contributed by atoms with Gasteiger partial charge in [-0.1, -0.05) is 65.5 Å². The Morgan fingerprint density at radius 3 is 2.20 bits per heavy atom. The molecular weight excluding hydrogens is 606 g/mol. The lowest BCUT2D eigenvalue weighted by molar-refractivity contribution is -0.139. The minimum atomic E-state index is -4.11. The van der Waals surface area contributed by atoms with E-state index < -0.39 is 28.5 Å². The van der Waals surface area contributed by atoms with Gasteiger partial charge in [0.05, 0.1) is 17.7 Å². The van der Waals surface area contributed by atoms with Crippen molar-refractivity contribution in [1.82, 2.24) is 10.2 Å². The topological polar surface area (TPSA) is 96.0 Å². The maximum absolute atomic E-state index is 14.0. The number of amides is 2. The third kappa shape index (κ3) is 7.89. The fraction of sp³-hybridized carbons (Fsp3) is 0.355. The molecule has 4 rings (SSSR count). The third-order valence-electron chi connectivity index (χ3n) is 7.36. The van der Waals surface area contributed by atoms with E-state index in [4.69, 9.17) is 4.74 Å². The number of carbonyl (C=O) groups is 2. The first-order chi connectivity index (χ1) is 19.7. The molecule has 0 bridgehead atoms. The quantitative estimate of drug-likeness (QED) is 0.297. The lowest BCUT2D eigenvalue weighted by atomic mass is 9.95. The molecule has 1 aliphatic rings. The molecule has 0 spiro atoms. The van der Waals surface area contributed by atoms with Crippen LogP contribution in [0.3, 0.4) is 0 Å². The normalized spacial score (nSPS) is 14.6. The number of anilines is 1. The Bertz CT molecular complexity index is 1410. The minimum Gasteiger partial charge on any atom is -0.497 e. The van der Waals surface area contributed by atoms with Gasteiger partial charge in [-0.2, -0.15) is 0 Å². The van der Waals surface area contributed by atoms with Crippen molar-refractivity contribution in [3.63, 3.8) is 0 Å². The Labute approximate surface area is 250 Å². The van der Waals surface area contributed by atoms with Crippen molar-refractivity contribution < 1.29 is 22.7 Å². The molecular formula is C31H36BrN3O5S. The molecule has 1 unspecified atom stereocenters. The zero-order valence-electron chi connectivity index (χ0n) is 23.3. The monoisotopic (exact) mass is 641 g/mol. The van der Waals surface area contributed by atoms with Crippen molar-refractivity contribution in [2.24, 2.45) is 0 Å².